The van der Waals surface area contributed by atoms with E-state index >= 15 is 0 Å². The maximum absolute atomic E-state index is 14.2. The van der Waals surface area contributed by atoms with Crippen molar-refractivity contribution in [3.63, 3.8) is 0 Å². The van der Waals surface area contributed by atoms with Gasteiger partial charge in [0.1, 0.15) is 5.82 Å². The number of hydrogen-bond donors (Lipinski definition) is 0. The van der Waals surface area contributed by atoms with E-state index in [1.54, 1.807) is 15.7 Å². The van der Waals surface area contributed by atoms with Crippen molar-refractivity contribution >= 4 is 46.5 Å². The standard InChI is InChI=1S/C38H37ClN6O2/c1-6-32(46)43-19-20-44(26(5)23-43)36-30-22-31(39)34(29-14-10-13-28(21-29)16-15-27-11-8-7-9-12-27)41-37(30)45(38(47)42-36)35-25(4)17-18-40-33(35)24(2)3/h6-18,21-22,24,26H,1,19-20,23H2,2-5H3/b16-15+/t26-/m0/s1. The van der Waals surface area contributed by atoms with Gasteiger partial charge < -0.3 is 9.80 Å². The number of piperazine rings is 1. The summed E-state index contributed by atoms with van der Waals surface area (Å²) >= 11 is 7.05. The number of aryl methyl sites for hydroxylation is 1. The van der Waals surface area contributed by atoms with Crippen molar-refractivity contribution < 1.29 is 4.79 Å². The lowest BCUT2D eigenvalue weighted by molar-refractivity contribution is -0.126. The van der Waals surface area contributed by atoms with Crippen LogP contribution in [0.5, 0.6) is 0 Å². The van der Waals surface area contributed by atoms with Gasteiger partial charge >= 0.3 is 5.69 Å². The quantitative estimate of drug-likeness (QED) is 0.136. The largest absolute Gasteiger partial charge is 0.355 e. The minimum absolute atomic E-state index is 0.0434. The maximum atomic E-state index is 14.2. The van der Waals surface area contributed by atoms with Crippen LogP contribution in [0.3, 0.4) is 0 Å². The number of carbonyl (C=O) groups excluding carboxylic acids is 1. The van der Waals surface area contributed by atoms with Crippen LogP contribution in [-0.4, -0.2) is 56.0 Å². The summed E-state index contributed by atoms with van der Waals surface area (Å²) in [5.41, 5.74) is 5.79. The van der Waals surface area contributed by atoms with Crippen LogP contribution >= 0.6 is 11.6 Å². The average molecular weight is 645 g/mol. The molecule has 1 atom stereocenters. The fourth-order valence-electron chi connectivity index (χ4n) is 6.16. The highest BCUT2D eigenvalue weighted by molar-refractivity contribution is 6.33. The van der Waals surface area contributed by atoms with Crippen LogP contribution in [0.25, 0.3) is 40.1 Å². The van der Waals surface area contributed by atoms with E-state index in [1.807, 2.05) is 68.4 Å². The van der Waals surface area contributed by atoms with E-state index in [2.05, 4.69) is 59.6 Å². The number of halogens is 1. The van der Waals surface area contributed by atoms with Gasteiger partial charge in [-0.1, -0.05) is 92.7 Å². The van der Waals surface area contributed by atoms with Crippen LogP contribution in [0.15, 0.2) is 90.4 Å². The lowest BCUT2D eigenvalue weighted by atomic mass is 10.0. The summed E-state index contributed by atoms with van der Waals surface area (Å²) in [7, 11) is 0. The zero-order chi connectivity index (χ0) is 33.2. The zero-order valence-corrected chi connectivity index (χ0v) is 27.8. The van der Waals surface area contributed by atoms with Crippen LogP contribution in [0.2, 0.25) is 5.02 Å². The molecule has 0 spiro atoms. The van der Waals surface area contributed by atoms with Crippen molar-refractivity contribution in [3.05, 3.63) is 123 Å². The Morgan fingerprint density at radius 2 is 1.74 bits per heavy atom. The van der Waals surface area contributed by atoms with Gasteiger partial charge in [-0.2, -0.15) is 4.98 Å². The van der Waals surface area contributed by atoms with Crippen molar-refractivity contribution in [2.24, 2.45) is 0 Å². The molecule has 6 rings (SSSR count). The molecule has 2 aromatic carbocycles. The van der Waals surface area contributed by atoms with Crippen LogP contribution in [-0.2, 0) is 4.79 Å². The summed E-state index contributed by atoms with van der Waals surface area (Å²) in [4.78, 5) is 44.9. The molecular weight excluding hydrogens is 608 g/mol. The van der Waals surface area contributed by atoms with Crippen LogP contribution in [0, 0.1) is 6.92 Å². The number of amides is 1. The van der Waals surface area contributed by atoms with Gasteiger partial charge in [0.25, 0.3) is 0 Å². The Morgan fingerprint density at radius 3 is 2.47 bits per heavy atom. The monoisotopic (exact) mass is 644 g/mol. The van der Waals surface area contributed by atoms with Crippen LogP contribution in [0.1, 0.15) is 49.1 Å². The summed E-state index contributed by atoms with van der Waals surface area (Å²) in [5, 5.41) is 1.09. The molecule has 0 N–H and O–H groups in total. The third-order valence-corrected chi connectivity index (χ3v) is 8.83. The lowest BCUT2D eigenvalue weighted by Crippen LogP contribution is -2.54. The van der Waals surface area contributed by atoms with Gasteiger partial charge in [0.05, 0.1) is 27.5 Å². The van der Waals surface area contributed by atoms with Gasteiger partial charge in [-0.15, -0.1) is 0 Å². The highest BCUT2D eigenvalue weighted by Crippen LogP contribution is 2.36. The number of anilines is 1. The van der Waals surface area contributed by atoms with E-state index in [9.17, 15) is 9.59 Å². The van der Waals surface area contributed by atoms with Gasteiger partial charge in [0, 0.05) is 37.4 Å². The average Bonchev–Trinajstić information content (AvgIpc) is 3.07. The molecule has 1 amide bonds. The smallest absolute Gasteiger partial charge is 0.350 e. The minimum atomic E-state index is -0.456. The number of fused-ring (bicyclic) bond motifs is 1. The second-order valence-electron chi connectivity index (χ2n) is 12.2. The molecular formula is C38H37ClN6O2. The third kappa shape index (κ3) is 6.33. The SMILES string of the molecule is C=CC(=O)N1CCN(c2nc(=O)n(-c3c(C)ccnc3C(C)C)c3nc(-c4cccc(/C=C/c5ccccc5)c4)c(Cl)cc23)[C@@H](C)C1. The Labute approximate surface area is 279 Å². The topological polar surface area (TPSA) is 84.2 Å². The Bertz CT molecular complexity index is 2070. The molecule has 0 unspecified atom stereocenters. The number of hydrogen-bond acceptors (Lipinski definition) is 6. The maximum Gasteiger partial charge on any atom is 0.355 e. The third-order valence-electron chi connectivity index (χ3n) is 8.54. The van der Waals surface area contributed by atoms with Gasteiger partial charge in [-0.3, -0.25) is 9.78 Å². The molecule has 1 saturated heterocycles. The fraction of sp³-hybridized carbons (Fsp3) is 0.237. The molecule has 1 aliphatic heterocycles. The van der Waals surface area contributed by atoms with Crippen molar-refractivity contribution in [1.29, 1.82) is 0 Å². The minimum Gasteiger partial charge on any atom is -0.350 e. The zero-order valence-electron chi connectivity index (χ0n) is 27.0. The summed E-state index contributed by atoms with van der Waals surface area (Å²) in [6.07, 6.45) is 7.21. The molecule has 8 nitrogen and oxygen atoms in total. The molecule has 0 radical (unpaired) electrons. The highest BCUT2D eigenvalue weighted by atomic mass is 35.5. The van der Waals surface area contributed by atoms with Gasteiger partial charge in [-0.05, 0) is 60.7 Å². The van der Waals surface area contributed by atoms with Crippen LogP contribution in [0.4, 0.5) is 5.82 Å². The fourth-order valence-corrected chi connectivity index (χ4v) is 6.42. The van der Waals surface area contributed by atoms with E-state index in [0.29, 0.717) is 52.9 Å². The molecule has 238 valence electrons. The number of benzene rings is 2. The second-order valence-corrected chi connectivity index (χ2v) is 12.6. The summed E-state index contributed by atoms with van der Waals surface area (Å²) in [6.45, 7) is 13.2. The number of aromatic nitrogens is 4. The Kier molecular flexibility index (Phi) is 9.05. The summed E-state index contributed by atoms with van der Waals surface area (Å²) in [6, 6.07) is 21.8. The van der Waals surface area contributed by atoms with E-state index in [1.165, 1.54) is 6.08 Å². The van der Waals surface area contributed by atoms with Crippen LogP contribution < -0.4 is 10.6 Å². The summed E-state index contributed by atoms with van der Waals surface area (Å²) < 4.78 is 1.58. The first-order valence-corrected chi connectivity index (χ1v) is 16.1. The molecule has 0 bridgehead atoms. The van der Waals surface area contributed by atoms with E-state index in [0.717, 1.165) is 27.9 Å². The first-order valence-electron chi connectivity index (χ1n) is 15.8. The molecule has 4 heterocycles. The van der Waals surface area contributed by atoms with Gasteiger partial charge in [-0.25, -0.2) is 14.3 Å². The summed E-state index contributed by atoms with van der Waals surface area (Å²) in [5.74, 6) is 0.419. The molecule has 5 aromatic rings. The Balaban J connectivity index is 1.55. The van der Waals surface area contributed by atoms with Gasteiger partial charge in [0.2, 0.25) is 5.91 Å². The Hall–Kier alpha value is -5.08. The van der Waals surface area contributed by atoms with Crippen molar-refractivity contribution in [2.45, 2.75) is 39.7 Å². The molecule has 1 fully saturated rings. The highest BCUT2D eigenvalue weighted by Gasteiger charge is 2.30. The second kappa shape index (κ2) is 13.3. The molecule has 0 saturated carbocycles. The molecule has 1 aliphatic rings. The van der Waals surface area contributed by atoms with Crippen molar-refractivity contribution in [2.75, 3.05) is 24.5 Å². The van der Waals surface area contributed by atoms with Gasteiger partial charge in [0.15, 0.2) is 5.65 Å². The predicted molar refractivity (Wildman–Crippen MR) is 191 cm³/mol. The molecule has 3 aromatic heterocycles. The van der Waals surface area contributed by atoms with Crippen molar-refractivity contribution in [3.8, 4) is 16.9 Å². The number of pyridine rings is 2. The number of nitrogens with zero attached hydrogens (tertiary/aromatic N) is 6. The number of rotatable bonds is 7. The van der Waals surface area contributed by atoms with E-state index < -0.39 is 5.69 Å². The first-order chi connectivity index (χ1) is 22.7. The first kappa shape index (κ1) is 31.9. The lowest BCUT2D eigenvalue weighted by Gasteiger charge is -2.40. The van der Waals surface area contributed by atoms with E-state index in [4.69, 9.17) is 16.6 Å². The Morgan fingerprint density at radius 1 is 1.00 bits per heavy atom. The normalized spacial score (nSPS) is 15.1. The predicted octanol–water partition coefficient (Wildman–Crippen LogP) is 7.32. The molecule has 0 aliphatic carbocycles. The molecule has 47 heavy (non-hydrogen) atoms. The van der Waals surface area contributed by atoms with Crippen molar-refractivity contribution in [1.82, 2.24) is 24.4 Å². The number of carbonyl (C=O) groups is 1. The van der Waals surface area contributed by atoms with E-state index in [-0.39, 0.29) is 17.9 Å². The molecule has 9 heteroatoms.